The average molecular weight is 338 g/mol. The molecule has 3 rings (SSSR count). The summed E-state index contributed by atoms with van der Waals surface area (Å²) in [6.45, 7) is 9.24. The second kappa shape index (κ2) is 6.27. The number of benzene rings is 1. The van der Waals surface area contributed by atoms with Gasteiger partial charge in [-0.15, -0.1) is 0 Å². The molecule has 130 valence electrons. The molecule has 0 fully saturated rings. The van der Waals surface area contributed by atoms with Crippen molar-refractivity contribution in [2.24, 2.45) is 5.10 Å². The summed E-state index contributed by atoms with van der Waals surface area (Å²) in [5.74, 6) is 0.530. The Morgan fingerprint density at radius 3 is 2.24 bits per heavy atom. The molecule has 0 unspecified atom stereocenters. The third-order valence-corrected chi connectivity index (χ3v) is 4.11. The summed E-state index contributed by atoms with van der Waals surface area (Å²) in [7, 11) is 0. The van der Waals surface area contributed by atoms with Gasteiger partial charge in [0.05, 0.1) is 0 Å². The predicted molar refractivity (Wildman–Crippen MR) is 99.3 cm³/mol. The van der Waals surface area contributed by atoms with Crippen LogP contribution in [0.3, 0.4) is 0 Å². The van der Waals surface area contributed by atoms with Crippen molar-refractivity contribution >= 4 is 16.6 Å². The van der Waals surface area contributed by atoms with Gasteiger partial charge < -0.3 is 0 Å². The summed E-state index contributed by atoms with van der Waals surface area (Å²) in [4.78, 5) is 24.7. The highest BCUT2D eigenvalue weighted by Crippen LogP contribution is 2.25. The third-order valence-electron chi connectivity index (χ3n) is 4.11. The van der Waals surface area contributed by atoms with Crippen molar-refractivity contribution in [2.75, 3.05) is 5.43 Å². The Labute approximate surface area is 145 Å². The molecule has 1 aromatic heterocycles. The van der Waals surface area contributed by atoms with Crippen molar-refractivity contribution in [3.8, 4) is 0 Å². The van der Waals surface area contributed by atoms with Crippen LogP contribution in [0.1, 0.15) is 39.8 Å². The Morgan fingerprint density at radius 2 is 1.72 bits per heavy atom. The molecule has 0 aliphatic rings. The molecule has 1 N–H and O–H groups in total. The number of nitrogens with one attached hydrogen (secondary N) is 1. The number of fused-ring (bicyclic) bond motifs is 1. The number of aryl methyl sites for hydroxylation is 1. The number of anilines is 1. The molecule has 1 heterocycles. The molecule has 0 bridgehead atoms. The second-order valence-corrected chi connectivity index (χ2v) is 7.16. The molecule has 0 radical (unpaired) electrons. The first kappa shape index (κ1) is 17.1. The van der Waals surface area contributed by atoms with Gasteiger partial charge in [0, 0.05) is 34.5 Å². The SMILES string of the molecule is CCCn1nc(NN=c2c(=O)c3ccccc3c2=O)cc1C(C)(C)C. The lowest BCUT2D eigenvalue weighted by Crippen LogP contribution is -2.32. The van der Waals surface area contributed by atoms with Crippen LogP contribution in [0.5, 0.6) is 0 Å². The Kier molecular flexibility index (Phi) is 4.29. The van der Waals surface area contributed by atoms with Gasteiger partial charge in [-0.05, 0) is 6.42 Å². The fourth-order valence-electron chi connectivity index (χ4n) is 2.91. The van der Waals surface area contributed by atoms with Crippen LogP contribution >= 0.6 is 0 Å². The lowest BCUT2D eigenvalue weighted by molar-refractivity contribution is 0.482. The summed E-state index contributed by atoms with van der Waals surface area (Å²) in [5, 5.41) is 9.27. The van der Waals surface area contributed by atoms with Gasteiger partial charge >= 0.3 is 0 Å². The van der Waals surface area contributed by atoms with Crippen molar-refractivity contribution < 1.29 is 0 Å². The summed E-state index contributed by atoms with van der Waals surface area (Å²) >= 11 is 0. The van der Waals surface area contributed by atoms with Gasteiger partial charge in [0.25, 0.3) is 0 Å². The van der Waals surface area contributed by atoms with Crippen molar-refractivity contribution in [1.29, 1.82) is 0 Å². The largest absolute Gasteiger partial charge is 0.287 e. The highest BCUT2D eigenvalue weighted by Gasteiger charge is 2.20. The quantitative estimate of drug-likeness (QED) is 0.740. The second-order valence-electron chi connectivity index (χ2n) is 7.16. The van der Waals surface area contributed by atoms with Crippen LogP contribution in [0, 0.1) is 0 Å². The smallest absolute Gasteiger partial charge is 0.217 e. The molecule has 3 aromatic rings. The molecule has 6 heteroatoms. The van der Waals surface area contributed by atoms with E-state index in [1.54, 1.807) is 24.3 Å². The highest BCUT2D eigenvalue weighted by atomic mass is 16.1. The van der Waals surface area contributed by atoms with Crippen molar-refractivity contribution in [3.63, 3.8) is 0 Å². The Hall–Kier alpha value is -2.76. The van der Waals surface area contributed by atoms with Gasteiger partial charge in [0.1, 0.15) is 0 Å². The Balaban J connectivity index is 2.03. The molecular weight excluding hydrogens is 316 g/mol. The maximum absolute atomic E-state index is 12.3. The first-order valence-corrected chi connectivity index (χ1v) is 8.43. The van der Waals surface area contributed by atoms with Gasteiger partial charge in [-0.25, -0.2) is 0 Å². The van der Waals surface area contributed by atoms with Gasteiger partial charge in [-0.1, -0.05) is 52.0 Å². The van der Waals surface area contributed by atoms with E-state index in [-0.39, 0.29) is 21.6 Å². The molecule has 25 heavy (non-hydrogen) atoms. The number of hydrogen-bond acceptors (Lipinski definition) is 5. The summed E-state index contributed by atoms with van der Waals surface area (Å²) in [6, 6.07) is 8.68. The zero-order valence-corrected chi connectivity index (χ0v) is 15.0. The summed E-state index contributed by atoms with van der Waals surface area (Å²) < 4.78 is 1.94. The van der Waals surface area contributed by atoms with Crippen LogP contribution in [0.15, 0.2) is 45.0 Å². The van der Waals surface area contributed by atoms with E-state index in [1.807, 2.05) is 10.7 Å². The zero-order chi connectivity index (χ0) is 18.2. The normalized spacial score (nSPS) is 11.8. The van der Waals surface area contributed by atoms with E-state index < -0.39 is 0 Å². The maximum atomic E-state index is 12.3. The lowest BCUT2D eigenvalue weighted by Gasteiger charge is -2.19. The van der Waals surface area contributed by atoms with E-state index in [4.69, 9.17) is 0 Å². The number of rotatable bonds is 4. The molecule has 0 aliphatic carbocycles. The first-order chi connectivity index (χ1) is 11.8. The van der Waals surface area contributed by atoms with Gasteiger partial charge in [0.15, 0.2) is 11.2 Å². The van der Waals surface area contributed by atoms with Crippen LogP contribution in [0.2, 0.25) is 0 Å². The van der Waals surface area contributed by atoms with Gasteiger partial charge in [0.2, 0.25) is 10.9 Å². The van der Waals surface area contributed by atoms with E-state index in [2.05, 4.69) is 43.3 Å². The van der Waals surface area contributed by atoms with Crippen molar-refractivity contribution in [2.45, 2.75) is 46.1 Å². The molecule has 0 aliphatic heterocycles. The number of aromatic nitrogens is 2. The van der Waals surface area contributed by atoms with E-state index in [1.165, 1.54) is 0 Å². The number of hydrogen-bond donors (Lipinski definition) is 1. The Bertz CT molecular complexity index is 1010. The molecule has 0 spiro atoms. The first-order valence-electron chi connectivity index (χ1n) is 8.43. The summed E-state index contributed by atoms with van der Waals surface area (Å²) in [6.07, 6.45) is 0.963. The Morgan fingerprint density at radius 1 is 1.12 bits per heavy atom. The summed E-state index contributed by atoms with van der Waals surface area (Å²) in [5.41, 5.74) is 3.10. The zero-order valence-electron chi connectivity index (χ0n) is 15.0. The topological polar surface area (TPSA) is 76.3 Å². The minimum absolute atomic E-state index is 0.0650. The van der Waals surface area contributed by atoms with Crippen LogP contribution < -0.4 is 21.6 Å². The van der Waals surface area contributed by atoms with Crippen LogP contribution in [0.25, 0.3) is 10.8 Å². The van der Waals surface area contributed by atoms with E-state index in [0.717, 1.165) is 18.7 Å². The van der Waals surface area contributed by atoms with Crippen LogP contribution in [0.4, 0.5) is 5.82 Å². The van der Waals surface area contributed by atoms with E-state index in [0.29, 0.717) is 16.6 Å². The molecule has 0 saturated carbocycles. The molecule has 2 aromatic carbocycles. The van der Waals surface area contributed by atoms with Gasteiger partial charge in [-0.2, -0.15) is 10.2 Å². The molecular formula is C19H22N4O2. The van der Waals surface area contributed by atoms with Crippen LogP contribution in [-0.4, -0.2) is 9.78 Å². The highest BCUT2D eigenvalue weighted by molar-refractivity contribution is 5.83. The average Bonchev–Trinajstić information content (AvgIpc) is 3.07. The van der Waals surface area contributed by atoms with E-state index >= 15 is 0 Å². The molecule has 0 saturated heterocycles. The minimum Gasteiger partial charge on any atom is -0.287 e. The lowest BCUT2D eigenvalue weighted by atomic mass is 9.92. The van der Waals surface area contributed by atoms with Crippen LogP contribution in [-0.2, 0) is 12.0 Å². The molecule has 0 atom stereocenters. The molecule has 0 amide bonds. The maximum Gasteiger partial charge on any atom is 0.217 e. The fourth-order valence-corrected chi connectivity index (χ4v) is 2.91. The monoisotopic (exact) mass is 338 g/mol. The minimum atomic E-state index is -0.350. The number of nitrogens with zero attached hydrogens (tertiary/aromatic N) is 3. The standard InChI is InChI=1S/C19H22N4O2/c1-5-10-23-14(19(2,3)4)11-15(22-23)20-21-16-17(24)12-8-6-7-9-13(12)18(16)25/h6-9,11H,5,10H2,1-4H3,(H,20,22). The molecule has 6 nitrogen and oxygen atoms in total. The predicted octanol–water partition coefficient (Wildman–Crippen LogP) is 2.27. The van der Waals surface area contributed by atoms with Crippen molar-refractivity contribution in [1.82, 2.24) is 9.78 Å². The van der Waals surface area contributed by atoms with Crippen molar-refractivity contribution in [3.05, 3.63) is 61.8 Å². The fraction of sp³-hybridized carbons (Fsp3) is 0.368. The third kappa shape index (κ3) is 3.12. The van der Waals surface area contributed by atoms with Gasteiger partial charge in [-0.3, -0.25) is 19.7 Å². The van der Waals surface area contributed by atoms with E-state index in [9.17, 15) is 9.59 Å².